The number of nitrogens with zero attached hydrogens (tertiary/aromatic N) is 2. The van der Waals surface area contributed by atoms with Crippen LogP contribution in [0.5, 0.6) is 0 Å². The number of anilines is 1. The summed E-state index contributed by atoms with van der Waals surface area (Å²) in [6.07, 6.45) is 1.23. The second kappa shape index (κ2) is 11.2. The van der Waals surface area contributed by atoms with Gasteiger partial charge in [0, 0.05) is 30.3 Å². The molecule has 10 heteroatoms. The summed E-state index contributed by atoms with van der Waals surface area (Å²) in [7, 11) is -6.60. The Morgan fingerprint density at radius 1 is 0.725 bits per heavy atom. The van der Waals surface area contributed by atoms with E-state index in [0.29, 0.717) is 35.8 Å². The van der Waals surface area contributed by atoms with Crippen molar-refractivity contribution in [2.24, 2.45) is 0 Å². The molecule has 4 aromatic carbocycles. The molecule has 0 fully saturated rings. The standard InChI is InChI=1S/C30H28N4O4S2/c1-39(35,36)18-17-32-20-21-7-9-22(10-8-21)24-13-16-28-27(19-24)29(31)34-30(33-28)23-11-14-26(15-12-23)40(37,38)25-5-3-2-4-6-25/h2-16,19,32H,17-18,20H2,1H3,(H2,31,33,34). The van der Waals surface area contributed by atoms with E-state index < -0.39 is 19.7 Å². The number of sulfone groups is 2. The number of aromatic nitrogens is 2. The first-order valence-electron chi connectivity index (χ1n) is 12.6. The van der Waals surface area contributed by atoms with E-state index in [4.69, 9.17) is 5.73 Å². The van der Waals surface area contributed by atoms with E-state index in [1.165, 1.54) is 6.26 Å². The second-order valence-electron chi connectivity index (χ2n) is 9.51. The summed E-state index contributed by atoms with van der Waals surface area (Å²) in [6.45, 7) is 0.986. The third kappa shape index (κ3) is 6.20. The fourth-order valence-electron chi connectivity index (χ4n) is 4.28. The van der Waals surface area contributed by atoms with Crippen molar-refractivity contribution in [3.8, 4) is 22.5 Å². The van der Waals surface area contributed by atoms with Crippen molar-refractivity contribution in [1.82, 2.24) is 15.3 Å². The van der Waals surface area contributed by atoms with Crippen molar-refractivity contribution < 1.29 is 16.8 Å². The molecule has 0 radical (unpaired) electrons. The zero-order valence-electron chi connectivity index (χ0n) is 21.8. The highest BCUT2D eigenvalue weighted by molar-refractivity contribution is 7.91. The lowest BCUT2D eigenvalue weighted by molar-refractivity contribution is 0.594. The first-order valence-corrected chi connectivity index (χ1v) is 16.1. The number of benzene rings is 4. The highest BCUT2D eigenvalue weighted by atomic mass is 32.2. The highest BCUT2D eigenvalue weighted by Crippen LogP contribution is 2.29. The van der Waals surface area contributed by atoms with Crippen LogP contribution < -0.4 is 11.1 Å². The van der Waals surface area contributed by atoms with Crippen LogP contribution in [0.25, 0.3) is 33.4 Å². The second-order valence-corrected chi connectivity index (χ2v) is 13.7. The van der Waals surface area contributed by atoms with Gasteiger partial charge in [0.1, 0.15) is 15.7 Å². The predicted molar refractivity (Wildman–Crippen MR) is 158 cm³/mol. The molecule has 0 aliphatic carbocycles. The van der Waals surface area contributed by atoms with Gasteiger partial charge in [0.15, 0.2) is 5.82 Å². The van der Waals surface area contributed by atoms with Crippen LogP contribution in [0, 0.1) is 0 Å². The van der Waals surface area contributed by atoms with Crippen molar-refractivity contribution >= 4 is 36.4 Å². The van der Waals surface area contributed by atoms with Crippen LogP contribution >= 0.6 is 0 Å². The highest BCUT2D eigenvalue weighted by Gasteiger charge is 2.18. The van der Waals surface area contributed by atoms with E-state index in [2.05, 4.69) is 15.3 Å². The van der Waals surface area contributed by atoms with Crippen molar-refractivity contribution in [1.29, 1.82) is 0 Å². The molecule has 5 rings (SSSR count). The van der Waals surface area contributed by atoms with Gasteiger partial charge in [-0.3, -0.25) is 0 Å². The molecule has 1 heterocycles. The first-order chi connectivity index (χ1) is 19.1. The molecule has 204 valence electrons. The van der Waals surface area contributed by atoms with Gasteiger partial charge in [-0.05, 0) is 65.2 Å². The maximum atomic E-state index is 12.9. The molecule has 0 amide bonds. The van der Waals surface area contributed by atoms with Crippen molar-refractivity contribution in [2.45, 2.75) is 16.3 Å². The molecule has 0 saturated heterocycles. The van der Waals surface area contributed by atoms with Gasteiger partial charge in [-0.2, -0.15) is 0 Å². The average molecular weight is 573 g/mol. The zero-order valence-corrected chi connectivity index (χ0v) is 23.4. The van der Waals surface area contributed by atoms with Crippen LogP contribution in [0.4, 0.5) is 5.82 Å². The van der Waals surface area contributed by atoms with Crippen LogP contribution in [0.15, 0.2) is 107 Å². The molecule has 3 N–H and O–H groups in total. The molecule has 0 atom stereocenters. The number of hydrogen-bond acceptors (Lipinski definition) is 8. The lowest BCUT2D eigenvalue weighted by Gasteiger charge is -2.10. The minimum atomic E-state index is -3.62. The summed E-state index contributed by atoms with van der Waals surface area (Å²) in [5.74, 6) is 0.846. The summed E-state index contributed by atoms with van der Waals surface area (Å²) < 4.78 is 48.3. The topological polar surface area (TPSA) is 132 Å². The molecule has 0 unspecified atom stereocenters. The number of fused-ring (bicyclic) bond motifs is 1. The molecule has 5 aromatic rings. The predicted octanol–water partition coefficient (Wildman–Crippen LogP) is 4.51. The van der Waals surface area contributed by atoms with Crippen molar-refractivity contribution in [3.63, 3.8) is 0 Å². The van der Waals surface area contributed by atoms with Gasteiger partial charge in [-0.1, -0.05) is 48.5 Å². The third-order valence-electron chi connectivity index (χ3n) is 6.47. The van der Waals surface area contributed by atoms with Gasteiger partial charge in [0.25, 0.3) is 0 Å². The lowest BCUT2D eigenvalue weighted by atomic mass is 10.0. The molecular formula is C30H28N4O4S2. The summed E-state index contributed by atoms with van der Waals surface area (Å²) in [5, 5.41) is 3.86. The maximum Gasteiger partial charge on any atom is 0.206 e. The summed E-state index contributed by atoms with van der Waals surface area (Å²) in [4.78, 5) is 9.60. The average Bonchev–Trinajstić information content (AvgIpc) is 2.95. The first kappa shape index (κ1) is 27.4. The van der Waals surface area contributed by atoms with Crippen molar-refractivity contribution in [2.75, 3.05) is 24.3 Å². The fourth-order valence-corrected chi connectivity index (χ4v) is 6.08. The molecular weight excluding hydrogens is 544 g/mol. The van der Waals surface area contributed by atoms with Crippen LogP contribution in [0.1, 0.15) is 5.56 Å². The normalized spacial score (nSPS) is 12.0. The number of hydrogen-bond donors (Lipinski definition) is 2. The molecule has 8 nitrogen and oxygen atoms in total. The Labute approximate surface area is 233 Å². The van der Waals surface area contributed by atoms with Gasteiger partial charge in [0.05, 0.1) is 21.1 Å². The summed E-state index contributed by atoms with van der Waals surface area (Å²) in [5.41, 5.74) is 10.7. The molecule has 0 aliphatic rings. The molecule has 0 aliphatic heterocycles. The Hall–Kier alpha value is -4.12. The minimum Gasteiger partial charge on any atom is -0.383 e. The number of nitrogens with one attached hydrogen (secondary N) is 1. The maximum absolute atomic E-state index is 12.9. The van der Waals surface area contributed by atoms with Gasteiger partial charge in [0.2, 0.25) is 9.84 Å². The Balaban J connectivity index is 1.34. The number of nitrogen functional groups attached to an aromatic ring is 1. The molecule has 0 spiro atoms. The van der Waals surface area contributed by atoms with Crippen molar-refractivity contribution in [3.05, 3.63) is 103 Å². The van der Waals surface area contributed by atoms with E-state index >= 15 is 0 Å². The molecule has 1 aromatic heterocycles. The number of rotatable bonds is 9. The Morgan fingerprint density at radius 3 is 2.02 bits per heavy atom. The zero-order chi connectivity index (χ0) is 28.3. The van der Waals surface area contributed by atoms with Gasteiger partial charge < -0.3 is 11.1 Å². The minimum absolute atomic E-state index is 0.106. The molecule has 40 heavy (non-hydrogen) atoms. The van der Waals surface area contributed by atoms with Crippen LogP contribution in [0.2, 0.25) is 0 Å². The van der Waals surface area contributed by atoms with E-state index in [0.717, 1.165) is 22.1 Å². The molecule has 0 saturated carbocycles. The lowest BCUT2D eigenvalue weighted by Crippen LogP contribution is -2.21. The van der Waals surface area contributed by atoms with Gasteiger partial charge in [-0.15, -0.1) is 0 Å². The monoisotopic (exact) mass is 572 g/mol. The third-order valence-corrected chi connectivity index (χ3v) is 9.20. The Morgan fingerprint density at radius 2 is 1.35 bits per heavy atom. The van der Waals surface area contributed by atoms with E-state index in [1.807, 2.05) is 42.5 Å². The summed E-state index contributed by atoms with van der Waals surface area (Å²) in [6, 6.07) is 28.6. The van der Waals surface area contributed by atoms with Crippen LogP contribution in [0.3, 0.4) is 0 Å². The number of nitrogens with two attached hydrogens (primary N) is 1. The van der Waals surface area contributed by atoms with Gasteiger partial charge >= 0.3 is 0 Å². The quantitative estimate of drug-likeness (QED) is 0.247. The van der Waals surface area contributed by atoms with Crippen LogP contribution in [-0.2, 0) is 26.2 Å². The summed E-state index contributed by atoms with van der Waals surface area (Å²) >= 11 is 0. The Bertz CT molecular complexity index is 1880. The Kier molecular flexibility index (Phi) is 7.66. The largest absolute Gasteiger partial charge is 0.383 e. The van der Waals surface area contributed by atoms with E-state index in [-0.39, 0.29) is 15.5 Å². The van der Waals surface area contributed by atoms with E-state index in [9.17, 15) is 16.8 Å². The SMILES string of the molecule is CS(=O)(=O)CCNCc1ccc(-c2ccc3nc(-c4ccc(S(=O)(=O)c5ccccc5)cc4)nc(N)c3c2)cc1. The van der Waals surface area contributed by atoms with Crippen LogP contribution in [-0.4, -0.2) is 45.4 Å². The van der Waals surface area contributed by atoms with Gasteiger partial charge in [-0.25, -0.2) is 26.8 Å². The van der Waals surface area contributed by atoms with E-state index in [1.54, 1.807) is 54.6 Å². The smallest absolute Gasteiger partial charge is 0.206 e. The molecule has 0 bridgehead atoms. The fraction of sp³-hybridized carbons (Fsp3) is 0.133.